The van der Waals surface area contributed by atoms with E-state index in [0.717, 1.165) is 10.4 Å². The molecule has 110 valence electrons. The van der Waals surface area contributed by atoms with Gasteiger partial charge in [0.25, 0.3) is 0 Å². The summed E-state index contributed by atoms with van der Waals surface area (Å²) in [7, 11) is -0.918. The molecule has 0 saturated carbocycles. The summed E-state index contributed by atoms with van der Waals surface area (Å²) in [6, 6.07) is 3.77. The molecule has 1 rings (SSSR count). The summed E-state index contributed by atoms with van der Waals surface area (Å²) in [5.74, 6) is -1.11. The third-order valence-electron chi connectivity index (χ3n) is 2.54. The van der Waals surface area contributed by atoms with Crippen LogP contribution in [-0.4, -0.2) is 44.5 Å². The van der Waals surface area contributed by atoms with Crippen molar-refractivity contribution in [2.45, 2.75) is 11.3 Å². The quantitative estimate of drug-likeness (QED) is 0.610. The lowest BCUT2D eigenvalue weighted by atomic mass is 10.2. The van der Waals surface area contributed by atoms with E-state index in [1.165, 1.54) is 26.2 Å². The zero-order chi connectivity index (χ0) is 15.3. The van der Waals surface area contributed by atoms with Crippen molar-refractivity contribution in [3.63, 3.8) is 0 Å². The molecule has 0 bridgehead atoms. The molecule has 0 saturated heterocycles. The van der Waals surface area contributed by atoms with Gasteiger partial charge in [0.2, 0.25) is 10.0 Å². The number of nitrogens with zero attached hydrogens (tertiary/aromatic N) is 1. The molecule has 0 amide bonds. The minimum absolute atomic E-state index is 0.0871. The molecule has 0 aliphatic rings. The van der Waals surface area contributed by atoms with Gasteiger partial charge in [0.15, 0.2) is 0 Å². The van der Waals surface area contributed by atoms with Crippen LogP contribution in [0, 0.1) is 0 Å². The Bertz CT molecular complexity index is 607. The Labute approximate surface area is 118 Å². The van der Waals surface area contributed by atoms with Gasteiger partial charge in [0.05, 0.1) is 11.5 Å². The number of sulfonamides is 1. The first-order chi connectivity index (χ1) is 9.30. The van der Waals surface area contributed by atoms with Crippen molar-refractivity contribution >= 4 is 16.0 Å². The van der Waals surface area contributed by atoms with E-state index in [0.29, 0.717) is 6.42 Å². The number of hydrogen-bond donors (Lipinski definition) is 1. The largest absolute Gasteiger partial charge is 0.492 e. The Hall–Kier alpha value is -1.86. The number of carboxylic acid groups (broad SMARTS) is 1. The maximum absolute atomic E-state index is 12.0. The van der Waals surface area contributed by atoms with E-state index in [2.05, 4.69) is 6.58 Å². The number of hydrogen-bond acceptors (Lipinski definition) is 4. The van der Waals surface area contributed by atoms with E-state index in [9.17, 15) is 13.2 Å². The second kappa shape index (κ2) is 6.53. The Morgan fingerprint density at radius 1 is 1.45 bits per heavy atom. The second-order valence-corrected chi connectivity index (χ2v) is 6.33. The molecule has 0 spiro atoms. The maximum Gasteiger partial charge on any atom is 0.339 e. The van der Waals surface area contributed by atoms with Crippen LogP contribution in [0.2, 0.25) is 0 Å². The average molecular weight is 299 g/mol. The van der Waals surface area contributed by atoms with Crippen molar-refractivity contribution in [2.75, 3.05) is 20.7 Å². The van der Waals surface area contributed by atoms with Crippen LogP contribution in [0.3, 0.4) is 0 Å². The molecule has 0 fully saturated rings. The molecular weight excluding hydrogens is 282 g/mol. The summed E-state index contributed by atoms with van der Waals surface area (Å²) in [4.78, 5) is 11.1. The summed E-state index contributed by atoms with van der Waals surface area (Å²) < 4.78 is 30.2. The predicted molar refractivity (Wildman–Crippen MR) is 74.6 cm³/mol. The van der Waals surface area contributed by atoms with Gasteiger partial charge in [-0.05, 0) is 24.6 Å². The molecule has 0 unspecified atom stereocenters. The summed E-state index contributed by atoms with van der Waals surface area (Å²) in [5.41, 5.74) is -0.183. The molecule has 0 atom stereocenters. The number of aromatic carboxylic acids is 1. The lowest BCUT2D eigenvalue weighted by Gasteiger charge is -2.14. The summed E-state index contributed by atoms with van der Waals surface area (Å²) in [6.07, 6.45) is 2.21. The van der Waals surface area contributed by atoms with Gasteiger partial charge < -0.3 is 9.84 Å². The Balaban J connectivity index is 3.20. The zero-order valence-corrected chi connectivity index (χ0v) is 12.2. The highest BCUT2D eigenvalue weighted by atomic mass is 32.2. The molecule has 1 aromatic rings. The first-order valence-electron chi connectivity index (χ1n) is 5.84. The van der Waals surface area contributed by atoms with Crippen molar-refractivity contribution < 1.29 is 23.1 Å². The Morgan fingerprint density at radius 2 is 2.10 bits per heavy atom. The topological polar surface area (TPSA) is 83.9 Å². The van der Waals surface area contributed by atoms with E-state index in [4.69, 9.17) is 9.84 Å². The molecule has 0 aromatic heterocycles. The third-order valence-corrected chi connectivity index (χ3v) is 4.35. The van der Waals surface area contributed by atoms with E-state index in [-0.39, 0.29) is 22.8 Å². The van der Waals surface area contributed by atoms with Crippen LogP contribution in [0.4, 0.5) is 0 Å². The fourth-order valence-corrected chi connectivity index (χ4v) is 2.35. The normalized spacial score (nSPS) is 11.3. The predicted octanol–water partition coefficient (Wildman–Crippen LogP) is 1.59. The van der Waals surface area contributed by atoms with Crippen molar-refractivity contribution in [1.82, 2.24) is 4.31 Å². The third kappa shape index (κ3) is 3.58. The van der Waals surface area contributed by atoms with E-state index < -0.39 is 16.0 Å². The van der Waals surface area contributed by atoms with Crippen LogP contribution in [-0.2, 0) is 10.0 Å². The first kappa shape index (κ1) is 16.2. The fraction of sp³-hybridized carbons (Fsp3) is 0.308. The van der Waals surface area contributed by atoms with Gasteiger partial charge in [-0.15, -0.1) is 6.58 Å². The van der Waals surface area contributed by atoms with Gasteiger partial charge in [-0.25, -0.2) is 17.5 Å². The average Bonchev–Trinajstić information content (AvgIpc) is 2.38. The molecule has 0 aliphatic carbocycles. The van der Waals surface area contributed by atoms with E-state index >= 15 is 0 Å². The van der Waals surface area contributed by atoms with Gasteiger partial charge in [0.1, 0.15) is 11.3 Å². The zero-order valence-electron chi connectivity index (χ0n) is 11.4. The fourth-order valence-electron chi connectivity index (χ4n) is 1.43. The molecule has 1 N–H and O–H groups in total. The molecule has 0 radical (unpaired) electrons. The van der Waals surface area contributed by atoms with Crippen molar-refractivity contribution in [3.8, 4) is 5.75 Å². The van der Waals surface area contributed by atoms with Crippen LogP contribution in [0.1, 0.15) is 16.8 Å². The number of carboxylic acids is 1. The highest BCUT2D eigenvalue weighted by Crippen LogP contribution is 2.24. The summed E-state index contributed by atoms with van der Waals surface area (Å²) in [6.45, 7) is 3.82. The molecule has 0 heterocycles. The van der Waals surface area contributed by atoms with Crippen LogP contribution < -0.4 is 4.74 Å². The molecule has 20 heavy (non-hydrogen) atoms. The van der Waals surface area contributed by atoms with Crippen LogP contribution in [0.15, 0.2) is 35.7 Å². The standard InChI is InChI=1S/C13H17NO5S/c1-4-5-8-19-12-7-6-10(9-11(12)13(15)16)20(17,18)14(2)3/h4,6-7,9H,1,5,8H2,2-3H3,(H,15,16). The second-order valence-electron chi connectivity index (χ2n) is 4.18. The molecule has 7 heteroatoms. The van der Waals surface area contributed by atoms with Gasteiger partial charge in [0, 0.05) is 14.1 Å². The van der Waals surface area contributed by atoms with Crippen molar-refractivity contribution in [2.24, 2.45) is 0 Å². The number of ether oxygens (including phenoxy) is 1. The van der Waals surface area contributed by atoms with Crippen molar-refractivity contribution in [1.29, 1.82) is 0 Å². The lowest BCUT2D eigenvalue weighted by molar-refractivity contribution is 0.0692. The first-order valence-corrected chi connectivity index (χ1v) is 7.28. The van der Waals surface area contributed by atoms with Crippen LogP contribution in [0.25, 0.3) is 0 Å². The van der Waals surface area contributed by atoms with Gasteiger partial charge in [-0.3, -0.25) is 0 Å². The highest BCUT2D eigenvalue weighted by Gasteiger charge is 2.21. The Morgan fingerprint density at radius 3 is 2.60 bits per heavy atom. The van der Waals surface area contributed by atoms with E-state index in [1.807, 2.05) is 0 Å². The Kier molecular flexibility index (Phi) is 5.29. The molecule has 0 aliphatic heterocycles. The minimum atomic E-state index is -3.68. The smallest absolute Gasteiger partial charge is 0.339 e. The lowest BCUT2D eigenvalue weighted by Crippen LogP contribution is -2.22. The van der Waals surface area contributed by atoms with Crippen LogP contribution >= 0.6 is 0 Å². The molecular formula is C13H17NO5S. The number of rotatable bonds is 7. The summed E-state index contributed by atoms with van der Waals surface area (Å²) >= 11 is 0. The molecule has 6 nitrogen and oxygen atoms in total. The van der Waals surface area contributed by atoms with E-state index in [1.54, 1.807) is 6.08 Å². The van der Waals surface area contributed by atoms with Crippen molar-refractivity contribution in [3.05, 3.63) is 36.4 Å². The molecule has 1 aromatic carbocycles. The van der Waals surface area contributed by atoms with Crippen LogP contribution in [0.5, 0.6) is 5.75 Å². The maximum atomic E-state index is 12.0. The van der Waals surface area contributed by atoms with Gasteiger partial charge in [-0.2, -0.15) is 0 Å². The summed E-state index contributed by atoms with van der Waals surface area (Å²) in [5, 5.41) is 9.14. The number of benzene rings is 1. The van der Waals surface area contributed by atoms with Gasteiger partial charge in [-0.1, -0.05) is 6.08 Å². The monoisotopic (exact) mass is 299 g/mol. The minimum Gasteiger partial charge on any atom is -0.492 e. The highest BCUT2D eigenvalue weighted by molar-refractivity contribution is 7.89. The van der Waals surface area contributed by atoms with Gasteiger partial charge >= 0.3 is 5.97 Å². The SMILES string of the molecule is C=CCCOc1ccc(S(=O)(=O)N(C)C)cc1C(=O)O. The number of carbonyl (C=O) groups is 1.